The normalized spacial score (nSPS) is 17.8. The van der Waals surface area contributed by atoms with Gasteiger partial charge in [-0.3, -0.25) is 9.58 Å². The van der Waals surface area contributed by atoms with Gasteiger partial charge in [-0.2, -0.15) is 18.3 Å². The lowest BCUT2D eigenvalue weighted by molar-refractivity contribution is -0.141. The third kappa shape index (κ3) is 5.06. The zero-order valence-electron chi connectivity index (χ0n) is 17.2. The highest BCUT2D eigenvalue weighted by Gasteiger charge is 2.35. The highest BCUT2D eigenvalue weighted by atomic mass is 32.2. The van der Waals surface area contributed by atoms with Crippen molar-refractivity contribution < 1.29 is 26.7 Å². The van der Waals surface area contributed by atoms with Gasteiger partial charge in [-0.15, -0.1) is 11.3 Å². The number of β-amino-alcohol motifs (C(OH)–C–C–N with tert-alkyl or cyclic N) is 1. The first-order valence-electron chi connectivity index (χ1n) is 9.97. The molecular weight excluding hydrogens is 463 g/mol. The van der Waals surface area contributed by atoms with Crippen LogP contribution in [0.15, 0.2) is 47.4 Å². The Bertz CT molecular complexity index is 1220. The van der Waals surface area contributed by atoms with Gasteiger partial charge in [0.2, 0.25) is 0 Å². The van der Waals surface area contributed by atoms with Crippen molar-refractivity contribution in [1.82, 2.24) is 14.7 Å². The molecular formula is C21H22F3N3O3S2. The summed E-state index contributed by atoms with van der Waals surface area (Å²) in [5.41, 5.74) is 0.0768. The Labute approximate surface area is 187 Å². The van der Waals surface area contributed by atoms with Gasteiger partial charge in [-0.25, -0.2) is 8.42 Å². The van der Waals surface area contributed by atoms with Crippen molar-refractivity contribution in [3.8, 4) is 21.0 Å². The minimum absolute atomic E-state index is 0.183. The smallest absolute Gasteiger partial charge is 0.392 e. The van der Waals surface area contributed by atoms with E-state index in [1.165, 1.54) is 22.1 Å². The maximum absolute atomic E-state index is 13.3. The summed E-state index contributed by atoms with van der Waals surface area (Å²) in [5, 5.41) is 13.5. The monoisotopic (exact) mass is 485 g/mol. The molecule has 3 aromatic rings. The molecule has 0 aliphatic carbocycles. The highest BCUT2D eigenvalue weighted by Crippen LogP contribution is 2.38. The van der Waals surface area contributed by atoms with E-state index in [0.29, 0.717) is 42.2 Å². The summed E-state index contributed by atoms with van der Waals surface area (Å²) in [6, 6.07) is 11.0. The zero-order valence-corrected chi connectivity index (χ0v) is 18.8. The molecule has 1 fully saturated rings. The first-order valence-corrected chi connectivity index (χ1v) is 12.7. The molecule has 0 spiro atoms. The van der Waals surface area contributed by atoms with E-state index in [-0.39, 0.29) is 11.4 Å². The molecule has 1 N–H and O–H groups in total. The second-order valence-electron chi connectivity index (χ2n) is 7.84. The van der Waals surface area contributed by atoms with Crippen LogP contribution < -0.4 is 0 Å². The Morgan fingerprint density at radius 2 is 1.91 bits per heavy atom. The number of benzene rings is 1. The number of likely N-dealkylation sites (tertiary alicyclic amines) is 1. The van der Waals surface area contributed by atoms with Crippen molar-refractivity contribution in [3.63, 3.8) is 0 Å². The first kappa shape index (κ1) is 23.0. The maximum Gasteiger partial charge on any atom is 0.435 e. The fourth-order valence-electron chi connectivity index (χ4n) is 3.69. The predicted octanol–water partition coefficient (Wildman–Crippen LogP) is 3.77. The van der Waals surface area contributed by atoms with Crippen molar-refractivity contribution in [2.45, 2.75) is 30.1 Å². The average Bonchev–Trinajstić information content (AvgIpc) is 3.44. The number of hydrogen-bond acceptors (Lipinski definition) is 6. The van der Waals surface area contributed by atoms with Crippen molar-refractivity contribution in [2.24, 2.45) is 0 Å². The van der Waals surface area contributed by atoms with E-state index >= 15 is 0 Å². The van der Waals surface area contributed by atoms with E-state index in [9.17, 15) is 26.7 Å². The van der Waals surface area contributed by atoms with Crippen LogP contribution in [0.1, 0.15) is 12.1 Å². The van der Waals surface area contributed by atoms with E-state index in [0.717, 1.165) is 17.2 Å². The van der Waals surface area contributed by atoms with Crippen LogP contribution in [0.4, 0.5) is 13.2 Å². The fraction of sp³-hybridized carbons (Fsp3) is 0.381. The lowest BCUT2D eigenvalue weighted by atomic mass is 10.2. The van der Waals surface area contributed by atoms with Gasteiger partial charge < -0.3 is 5.11 Å². The molecule has 0 amide bonds. The van der Waals surface area contributed by atoms with Gasteiger partial charge in [-0.1, -0.05) is 12.1 Å². The number of nitrogens with zero attached hydrogens (tertiary/aromatic N) is 3. The number of aromatic nitrogens is 2. The Balaban J connectivity index is 1.64. The van der Waals surface area contributed by atoms with Crippen LogP contribution in [0.3, 0.4) is 0 Å². The molecule has 1 aliphatic heterocycles. The van der Waals surface area contributed by atoms with Crippen molar-refractivity contribution in [3.05, 3.63) is 48.2 Å². The van der Waals surface area contributed by atoms with Crippen molar-refractivity contribution in [2.75, 3.05) is 25.9 Å². The SMILES string of the molecule is CS(=O)(=O)c1cccc(-c2ccc(-c3cc(C(F)(F)F)nn3CCN3CCC(O)C3)s2)c1. The van der Waals surface area contributed by atoms with E-state index in [1.807, 2.05) is 4.90 Å². The predicted molar refractivity (Wildman–Crippen MR) is 116 cm³/mol. The molecule has 2 aromatic heterocycles. The van der Waals surface area contributed by atoms with Crippen LogP contribution in [0.5, 0.6) is 0 Å². The van der Waals surface area contributed by atoms with Gasteiger partial charge in [0.25, 0.3) is 0 Å². The molecule has 11 heteroatoms. The third-order valence-electron chi connectivity index (χ3n) is 5.35. The van der Waals surface area contributed by atoms with Gasteiger partial charge in [0.1, 0.15) is 0 Å². The van der Waals surface area contributed by atoms with Crippen molar-refractivity contribution in [1.29, 1.82) is 0 Å². The lowest BCUT2D eigenvalue weighted by Crippen LogP contribution is -2.26. The topological polar surface area (TPSA) is 75.4 Å². The van der Waals surface area contributed by atoms with Crippen LogP contribution in [0.2, 0.25) is 0 Å². The minimum Gasteiger partial charge on any atom is -0.392 e. The quantitative estimate of drug-likeness (QED) is 0.575. The molecule has 1 atom stereocenters. The Hall–Kier alpha value is -2.21. The highest BCUT2D eigenvalue weighted by molar-refractivity contribution is 7.90. The van der Waals surface area contributed by atoms with Crippen LogP contribution >= 0.6 is 11.3 Å². The molecule has 0 bridgehead atoms. The lowest BCUT2D eigenvalue weighted by Gasteiger charge is -2.15. The second kappa shape index (κ2) is 8.62. The molecule has 6 nitrogen and oxygen atoms in total. The van der Waals surface area contributed by atoms with Crippen LogP contribution in [0, 0.1) is 0 Å². The van der Waals surface area contributed by atoms with Gasteiger partial charge in [-0.05, 0) is 42.3 Å². The fourth-order valence-corrected chi connectivity index (χ4v) is 5.38. The van der Waals surface area contributed by atoms with E-state index in [4.69, 9.17) is 0 Å². The summed E-state index contributed by atoms with van der Waals surface area (Å²) >= 11 is 1.28. The molecule has 1 saturated heterocycles. The average molecular weight is 486 g/mol. The first-order chi connectivity index (χ1) is 15.0. The number of alkyl halides is 3. The summed E-state index contributed by atoms with van der Waals surface area (Å²) in [5.74, 6) is 0. The summed E-state index contributed by atoms with van der Waals surface area (Å²) in [6.07, 6.45) is -3.18. The summed E-state index contributed by atoms with van der Waals surface area (Å²) in [7, 11) is -3.37. The third-order valence-corrected chi connectivity index (χ3v) is 7.62. The van der Waals surface area contributed by atoms with Crippen molar-refractivity contribution >= 4 is 21.2 Å². The molecule has 1 aromatic carbocycles. The molecule has 1 aliphatic rings. The number of rotatable bonds is 6. The van der Waals surface area contributed by atoms with E-state index in [1.54, 1.807) is 30.3 Å². The maximum atomic E-state index is 13.3. The molecule has 4 rings (SSSR count). The number of thiophene rings is 1. The molecule has 32 heavy (non-hydrogen) atoms. The number of aliphatic hydroxyl groups is 1. The van der Waals surface area contributed by atoms with Gasteiger partial charge in [0.05, 0.1) is 28.1 Å². The molecule has 0 radical (unpaired) electrons. The number of sulfone groups is 1. The Morgan fingerprint density at radius 1 is 1.16 bits per heavy atom. The van der Waals surface area contributed by atoms with Gasteiger partial charge in [0.15, 0.2) is 15.5 Å². The molecule has 3 heterocycles. The standard InChI is InChI=1S/C21H22F3N3O3S2/c1-32(29,30)16-4-2-3-14(11-16)18-5-6-19(31-18)17-12-20(21(22,23)24)25-27(17)10-9-26-8-7-15(28)13-26/h2-6,11-12,15,28H,7-10,13H2,1H3. The summed E-state index contributed by atoms with van der Waals surface area (Å²) < 4.78 is 65.1. The summed E-state index contributed by atoms with van der Waals surface area (Å²) in [4.78, 5) is 3.53. The second-order valence-corrected chi connectivity index (χ2v) is 10.9. The number of halogens is 3. The zero-order chi connectivity index (χ0) is 23.1. The number of hydrogen-bond donors (Lipinski definition) is 1. The number of aliphatic hydroxyl groups excluding tert-OH is 1. The minimum atomic E-state index is -4.56. The van der Waals surface area contributed by atoms with Crippen LogP contribution in [-0.2, 0) is 22.6 Å². The molecule has 1 unspecified atom stereocenters. The van der Waals surface area contributed by atoms with E-state index in [2.05, 4.69) is 5.10 Å². The largest absolute Gasteiger partial charge is 0.435 e. The van der Waals surface area contributed by atoms with Gasteiger partial charge >= 0.3 is 6.18 Å². The summed E-state index contributed by atoms with van der Waals surface area (Å²) in [6.45, 7) is 1.94. The van der Waals surface area contributed by atoms with Gasteiger partial charge in [0, 0.05) is 30.8 Å². The van der Waals surface area contributed by atoms with Crippen LogP contribution in [-0.4, -0.2) is 60.2 Å². The van der Waals surface area contributed by atoms with E-state index < -0.39 is 27.8 Å². The Morgan fingerprint density at radius 3 is 2.56 bits per heavy atom. The molecule has 0 saturated carbocycles. The molecule has 172 valence electrons. The Kier molecular flexibility index (Phi) is 6.19. The van der Waals surface area contributed by atoms with Crippen LogP contribution in [0.25, 0.3) is 21.0 Å².